The van der Waals surface area contributed by atoms with Gasteiger partial charge in [-0.15, -0.1) is 0 Å². The molecular weight excluding hydrogens is 188 g/mol. The third-order valence-electron chi connectivity index (χ3n) is 1.56. The number of nitrogens with zero attached hydrogens (tertiary/aromatic N) is 2. The Morgan fingerprint density at radius 1 is 1.62 bits per heavy atom. The van der Waals surface area contributed by atoms with Crippen LogP contribution >= 0.6 is 11.8 Å². The van der Waals surface area contributed by atoms with Gasteiger partial charge in [-0.25, -0.2) is 9.97 Å². The van der Waals surface area contributed by atoms with Gasteiger partial charge in [-0.1, -0.05) is 18.7 Å². The molecule has 6 heteroatoms. The Hall–Kier alpha value is -1.30. The summed E-state index contributed by atoms with van der Waals surface area (Å²) in [6.45, 7) is 2.00. The van der Waals surface area contributed by atoms with Gasteiger partial charge < -0.3 is 4.98 Å². The molecule has 0 bridgehead atoms. The molecule has 13 heavy (non-hydrogen) atoms. The van der Waals surface area contributed by atoms with Crippen LogP contribution in [0, 0.1) is 0 Å². The Bertz CT molecular complexity index is 475. The molecule has 0 aliphatic rings. The van der Waals surface area contributed by atoms with Crippen LogP contribution in [0.5, 0.6) is 0 Å². The number of aromatic amines is 2. The summed E-state index contributed by atoms with van der Waals surface area (Å²) in [5, 5.41) is 0.618. The summed E-state index contributed by atoms with van der Waals surface area (Å²) in [6.07, 6.45) is 1.47. The lowest BCUT2D eigenvalue weighted by molar-refractivity contribution is 0.966. The standard InChI is InChI=1S/C7H8N4OS/c1-2-13-7-10-5-4(6(12)11-7)8-3-9-5/h3H,2H2,1H3,(H2,8,9,10,11,12). The molecule has 2 N–H and O–H groups in total. The minimum atomic E-state index is -0.168. The first-order chi connectivity index (χ1) is 6.31. The first kappa shape index (κ1) is 8.31. The summed E-state index contributed by atoms with van der Waals surface area (Å²) in [4.78, 5) is 24.8. The summed E-state index contributed by atoms with van der Waals surface area (Å²) in [5.74, 6) is 0.874. The van der Waals surface area contributed by atoms with Gasteiger partial charge in [0.15, 0.2) is 16.3 Å². The smallest absolute Gasteiger partial charge is 0.277 e. The highest BCUT2D eigenvalue weighted by Gasteiger charge is 2.04. The van der Waals surface area contributed by atoms with Gasteiger partial charge >= 0.3 is 0 Å². The molecule has 0 radical (unpaired) electrons. The van der Waals surface area contributed by atoms with Crippen LogP contribution in [-0.4, -0.2) is 25.7 Å². The third kappa shape index (κ3) is 1.44. The molecule has 0 atom stereocenters. The maximum atomic E-state index is 11.4. The predicted molar refractivity (Wildman–Crippen MR) is 50.9 cm³/mol. The molecule has 0 aromatic carbocycles. The van der Waals surface area contributed by atoms with Gasteiger partial charge in [0, 0.05) is 0 Å². The van der Waals surface area contributed by atoms with Crippen LogP contribution in [0.3, 0.4) is 0 Å². The highest BCUT2D eigenvalue weighted by Crippen LogP contribution is 2.11. The zero-order chi connectivity index (χ0) is 9.26. The predicted octanol–water partition coefficient (Wildman–Crippen LogP) is 0.758. The van der Waals surface area contributed by atoms with Gasteiger partial charge in [-0.05, 0) is 5.75 Å². The number of fused-ring (bicyclic) bond motifs is 1. The monoisotopic (exact) mass is 196 g/mol. The molecule has 2 heterocycles. The van der Waals surface area contributed by atoms with E-state index in [1.807, 2.05) is 6.92 Å². The van der Waals surface area contributed by atoms with Crippen molar-refractivity contribution < 1.29 is 0 Å². The topological polar surface area (TPSA) is 74.4 Å². The van der Waals surface area contributed by atoms with Crippen molar-refractivity contribution in [2.75, 3.05) is 5.75 Å². The lowest BCUT2D eigenvalue weighted by atomic mass is 10.6. The van der Waals surface area contributed by atoms with E-state index in [0.717, 1.165) is 5.75 Å². The number of thioether (sulfide) groups is 1. The summed E-state index contributed by atoms with van der Waals surface area (Å²) in [5.41, 5.74) is 0.735. The lowest BCUT2D eigenvalue weighted by Crippen LogP contribution is -2.08. The van der Waals surface area contributed by atoms with Gasteiger partial charge in [-0.3, -0.25) is 9.78 Å². The van der Waals surface area contributed by atoms with E-state index in [2.05, 4.69) is 19.9 Å². The van der Waals surface area contributed by atoms with E-state index in [9.17, 15) is 4.79 Å². The number of H-pyrrole nitrogens is 2. The van der Waals surface area contributed by atoms with Crippen LogP contribution in [0.4, 0.5) is 0 Å². The fraction of sp³-hybridized carbons (Fsp3) is 0.286. The molecule has 68 valence electrons. The molecule has 0 aliphatic heterocycles. The molecule has 5 nitrogen and oxygen atoms in total. The van der Waals surface area contributed by atoms with Crippen LogP contribution in [-0.2, 0) is 0 Å². The number of rotatable bonds is 2. The number of hydrogen-bond acceptors (Lipinski definition) is 4. The largest absolute Gasteiger partial charge is 0.339 e. The second-order valence-electron chi connectivity index (χ2n) is 2.41. The van der Waals surface area contributed by atoms with E-state index >= 15 is 0 Å². The van der Waals surface area contributed by atoms with E-state index < -0.39 is 0 Å². The highest BCUT2D eigenvalue weighted by atomic mass is 32.2. The third-order valence-corrected chi connectivity index (χ3v) is 2.31. The average molecular weight is 196 g/mol. The van der Waals surface area contributed by atoms with Crippen molar-refractivity contribution in [1.82, 2.24) is 19.9 Å². The Balaban J connectivity index is 2.63. The van der Waals surface area contributed by atoms with Crippen molar-refractivity contribution in [3.05, 3.63) is 16.7 Å². The van der Waals surface area contributed by atoms with E-state index in [0.29, 0.717) is 16.3 Å². The number of hydrogen-bond donors (Lipinski definition) is 2. The Kier molecular flexibility index (Phi) is 2.05. The van der Waals surface area contributed by atoms with Crippen LogP contribution in [0.2, 0.25) is 0 Å². The molecule has 2 aromatic heterocycles. The highest BCUT2D eigenvalue weighted by molar-refractivity contribution is 7.99. The van der Waals surface area contributed by atoms with Gasteiger partial charge in [0.05, 0.1) is 6.33 Å². The van der Waals surface area contributed by atoms with E-state index in [1.165, 1.54) is 18.1 Å². The first-order valence-electron chi connectivity index (χ1n) is 3.87. The SMILES string of the molecule is CCSc1nc2nc[nH]c2c(=O)[nH]1. The van der Waals surface area contributed by atoms with E-state index in [4.69, 9.17) is 0 Å². The Morgan fingerprint density at radius 3 is 3.23 bits per heavy atom. The zero-order valence-corrected chi connectivity index (χ0v) is 7.81. The maximum Gasteiger partial charge on any atom is 0.277 e. The van der Waals surface area contributed by atoms with Gasteiger partial charge in [0.2, 0.25) is 0 Å². The summed E-state index contributed by atoms with van der Waals surface area (Å²) in [7, 11) is 0. The summed E-state index contributed by atoms with van der Waals surface area (Å²) in [6, 6.07) is 0. The van der Waals surface area contributed by atoms with E-state index in [-0.39, 0.29) is 5.56 Å². The maximum absolute atomic E-state index is 11.4. The fourth-order valence-electron chi connectivity index (χ4n) is 1.03. The van der Waals surface area contributed by atoms with Crippen molar-refractivity contribution >= 4 is 22.9 Å². The number of imidazole rings is 1. The quantitative estimate of drug-likeness (QED) is 0.549. The molecule has 0 spiro atoms. The molecule has 0 amide bonds. The number of nitrogens with one attached hydrogen (secondary N) is 2. The zero-order valence-electron chi connectivity index (χ0n) is 7.00. The molecule has 0 saturated heterocycles. The van der Waals surface area contributed by atoms with Crippen molar-refractivity contribution in [3.8, 4) is 0 Å². The van der Waals surface area contributed by atoms with Crippen LogP contribution < -0.4 is 5.56 Å². The normalized spacial score (nSPS) is 10.8. The summed E-state index contributed by atoms with van der Waals surface area (Å²) < 4.78 is 0. The second kappa shape index (κ2) is 3.21. The van der Waals surface area contributed by atoms with Gasteiger partial charge in [0.25, 0.3) is 5.56 Å². The lowest BCUT2D eigenvalue weighted by Gasteiger charge is -1.95. The molecule has 2 aromatic rings. The van der Waals surface area contributed by atoms with Crippen LogP contribution in [0.1, 0.15) is 6.92 Å². The fourth-order valence-corrected chi connectivity index (χ4v) is 1.62. The average Bonchev–Trinajstić information content (AvgIpc) is 2.53. The van der Waals surface area contributed by atoms with Crippen LogP contribution in [0.15, 0.2) is 16.3 Å². The number of aromatic nitrogens is 4. The van der Waals surface area contributed by atoms with Crippen molar-refractivity contribution in [3.63, 3.8) is 0 Å². The minimum absolute atomic E-state index is 0.168. The molecule has 0 unspecified atom stereocenters. The molecular formula is C7H8N4OS. The van der Waals surface area contributed by atoms with Crippen LogP contribution in [0.25, 0.3) is 11.2 Å². The van der Waals surface area contributed by atoms with Crippen molar-refractivity contribution in [2.45, 2.75) is 12.1 Å². The second-order valence-corrected chi connectivity index (χ2v) is 3.66. The minimum Gasteiger partial charge on any atom is -0.339 e. The van der Waals surface area contributed by atoms with Crippen molar-refractivity contribution in [1.29, 1.82) is 0 Å². The Labute approximate surface area is 78.0 Å². The molecule has 0 saturated carbocycles. The molecule has 0 fully saturated rings. The Morgan fingerprint density at radius 2 is 2.46 bits per heavy atom. The molecule has 0 aliphatic carbocycles. The first-order valence-corrected chi connectivity index (χ1v) is 4.86. The summed E-state index contributed by atoms with van der Waals surface area (Å²) >= 11 is 1.49. The molecule has 2 rings (SSSR count). The van der Waals surface area contributed by atoms with E-state index in [1.54, 1.807) is 0 Å². The van der Waals surface area contributed by atoms with Crippen molar-refractivity contribution in [2.24, 2.45) is 0 Å². The van der Waals surface area contributed by atoms with Gasteiger partial charge in [-0.2, -0.15) is 0 Å². The van der Waals surface area contributed by atoms with Gasteiger partial charge in [0.1, 0.15) is 0 Å².